The number of nitriles is 1. The first-order valence-corrected chi connectivity index (χ1v) is 12.4. The number of alkyl carbamates (subject to hydrolysis) is 1. The summed E-state index contributed by atoms with van der Waals surface area (Å²) >= 11 is 1.41. The smallest absolute Gasteiger partial charge is 0.407 e. The summed E-state index contributed by atoms with van der Waals surface area (Å²) in [5, 5.41) is 20.2. The molecule has 0 bridgehead atoms. The summed E-state index contributed by atoms with van der Waals surface area (Å²) in [5.41, 5.74) is 6.50. The predicted octanol–water partition coefficient (Wildman–Crippen LogP) is 3.93. The summed E-state index contributed by atoms with van der Waals surface area (Å²) in [6.07, 6.45) is 1.48. The Morgan fingerprint density at radius 2 is 2.15 bits per heavy atom. The number of ether oxygens (including phenoxy) is 1. The minimum absolute atomic E-state index is 0.0766. The first-order chi connectivity index (χ1) is 16.4. The zero-order chi connectivity index (χ0) is 24.1. The number of fused-ring (bicyclic) bond motifs is 1. The van der Waals surface area contributed by atoms with Crippen molar-refractivity contribution < 1.29 is 14.3 Å². The minimum Gasteiger partial charge on any atom is -0.446 e. The molecule has 1 aliphatic carbocycles. The number of nitrogens with one attached hydrogen (secondary N) is 3. The molecule has 1 aromatic heterocycles. The van der Waals surface area contributed by atoms with Gasteiger partial charge in [-0.05, 0) is 36.8 Å². The Morgan fingerprint density at radius 3 is 2.85 bits per heavy atom. The number of amides is 2. The molecule has 0 fully saturated rings. The molecule has 3 atom stereocenters. The number of carbonyl (C=O) groups is 2. The van der Waals surface area contributed by atoms with E-state index in [9.17, 15) is 14.9 Å². The van der Waals surface area contributed by atoms with Crippen LogP contribution in [0.4, 0.5) is 9.80 Å². The number of anilines is 1. The van der Waals surface area contributed by atoms with Crippen LogP contribution in [0.15, 0.2) is 35.4 Å². The molecular weight excluding hydrogens is 450 g/mol. The summed E-state index contributed by atoms with van der Waals surface area (Å²) in [6.45, 7) is 5.14. The normalized spacial score (nSPS) is 19.7. The van der Waals surface area contributed by atoms with Crippen LogP contribution < -0.4 is 16.1 Å². The van der Waals surface area contributed by atoms with Crippen molar-refractivity contribution in [3.05, 3.63) is 51.9 Å². The van der Waals surface area contributed by atoms with E-state index in [0.29, 0.717) is 49.3 Å². The van der Waals surface area contributed by atoms with Crippen LogP contribution in [-0.4, -0.2) is 36.9 Å². The number of thiophene rings is 1. The third-order valence-corrected chi connectivity index (χ3v) is 7.57. The fourth-order valence-electron chi connectivity index (χ4n) is 4.36. The second-order valence-electron chi connectivity index (χ2n) is 8.85. The average Bonchev–Trinajstić information content (AvgIpc) is 3.39. The lowest BCUT2D eigenvalue weighted by Crippen LogP contribution is -2.36. The van der Waals surface area contributed by atoms with Crippen molar-refractivity contribution in [3.63, 3.8) is 0 Å². The molecule has 0 saturated carbocycles. The largest absolute Gasteiger partial charge is 0.446 e. The van der Waals surface area contributed by atoms with Gasteiger partial charge >= 0.3 is 6.09 Å². The van der Waals surface area contributed by atoms with Crippen molar-refractivity contribution in [2.45, 2.75) is 51.6 Å². The van der Waals surface area contributed by atoms with Crippen molar-refractivity contribution in [2.24, 2.45) is 11.0 Å². The van der Waals surface area contributed by atoms with Crippen LogP contribution in [0.3, 0.4) is 0 Å². The monoisotopic (exact) mass is 479 g/mol. The van der Waals surface area contributed by atoms with Crippen LogP contribution in [0.2, 0.25) is 0 Å². The number of benzene rings is 1. The second-order valence-corrected chi connectivity index (χ2v) is 9.95. The van der Waals surface area contributed by atoms with Crippen LogP contribution >= 0.6 is 11.3 Å². The summed E-state index contributed by atoms with van der Waals surface area (Å²) in [6, 6.07) is 12.2. The Hall–Kier alpha value is -3.38. The van der Waals surface area contributed by atoms with Crippen molar-refractivity contribution in [3.8, 4) is 6.07 Å². The summed E-state index contributed by atoms with van der Waals surface area (Å²) in [4.78, 5) is 26.0. The van der Waals surface area contributed by atoms with Gasteiger partial charge in [0.2, 0.25) is 5.91 Å². The zero-order valence-corrected chi connectivity index (χ0v) is 20.2. The lowest BCUT2D eigenvalue weighted by atomic mass is 9.93. The lowest BCUT2D eigenvalue weighted by Gasteiger charge is -2.23. The van der Waals surface area contributed by atoms with Gasteiger partial charge in [0, 0.05) is 42.4 Å². The van der Waals surface area contributed by atoms with E-state index in [1.807, 2.05) is 44.2 Å². The maximum Gasteiger partial charge on any atom is 0.407 e. The molecule has 0 saturated heterocycles. The molecule has 178 valence electrons. The van der Waals surface area contributed by atoms with E-state index < -0.39 is 6.09 Å². The molecule has 9 heteroatoms. The van der Waals surface area contributed by atoms with E-state index in [1.54, 1.807) is 0 Å². The third-order valence-electron chi connectivity index (χ3n) is 6.40. The highest BCUT2D eigenvalue weighted by Gasteiger charge is 2.29. The molecule has 34 heavy (non-hydrogen) atoms. The van der Waals surface area contributed by atoms with Crippen LogP contribution in [0.5, 0.6) is 0 Å². The standard InChI is InChI=1S/C25H29N5O3S/c1-15(17-6-4-3-5-7-17)10-23(31)29-24-21(12-26)20-9-8-19(11-22(20)34-24)33-25(32)27-13-18-14-28-30-16(18)2/h3-7,15,18-19,28H,8-11,13-14H2,1-2H3,(H,27,32)(H,29,31). The van der Waals surface area contributed by atoms with Gasteiger partial charge in [-0.25, -0.2) is 4.79 Å². The summed E-state index contributed by atoms with van der Waals surface area (Å²) in [7, 11) is 0. The molecule has 0 spiro atoms. The van der Waals surface area contributed by atoms with E-state index in [0.717, 1.165) is 21.7 Å². The molecule has 2 amide bonds. The Labute approximate surface area is 203 Å². The lowest BCUT2D eigenvalue weighted by molar-refractivity contribution is -0.116. The fraction of sp³-hybridized carbons (Fsp3) is 0.440. The molecule has 4 rings (SSSR count). The van der Waals surface area contributed by atoms with Gasteiger partial charge in [0.15, 0.2) is 0 Å². The molecule has 2 heterocycles. The number of hydrazone groups is 1. The van der Waals surface area contributed by atoms with Crippen molar-refractivity contribution in [1.29, 1.82) is 5.26 Å². The highest BCUT2D eigenvalue weighted by molar-refractivity contribution is 7.16. The van der Waals surface area contributed by atoms with Gasteiger partial charge in [-0.2, -0.15) is 10.4 Å². The topological polar surface area (TPSA) is 116 Å². The predicted molar refractivity (Wildman–Crippen MR) is 132 cm³/mol. The molecule has 0 radical (unpaired) electrons. The first kappa shape index (κ1) is 23.8. The quantitative estimate of drug-likeness (QED) is 0.556. The van der Waals surface area contributed by atoms with Gasteiger partial charge in [-0.3, -0.25) is 4.79 Å². The van der Waals surface area contributed by atoms with Gasteiger partial charge in [0.1, 0.15) is 17.2 Å². The molecule has 1 aromatic carbocycles. The SMILES string of the molecule is CC1=NNCC1CNC(=O)OC1CCc2c(sc(NC(=O)CC(C)c3ccccc3)c2C#N)C1. The molecule has 3 N–H and O–H groups in total. The molecule has 2 aliphatic rings. The van der Waals surface area contributed by atoms with Crippen LogP contribution in [0.25, 0.3) is 0 Å². The maximum absolute atomic E-state index is 12.7. The van der Waals surface area contributed by atoms with Crippen LogP contribution in [-0.2, 0) is 22.4 Å². The van der Waals surface area contributed by atoms with E-state index in [-0.39, 0.29) is 23.8 Å². The van der Waals surface area contributed by atoms with Crippen LogP contribution in [0, 0.1) is 17.2 Å². The second kappa shape index (κ2) is 10.7. The number of nitrogens with zero attached hydrogens (tertiary/aromatic N) is 2. The van der Waals surface area contributed by atoms with Gasteiger partial charge in [0.05, 0.1) is 5.56 Å². The van der Waals surface area contributed by atoms with Crippen molar-refractivity contribution >= 4 is 34.0 Å². The molecule has 1 aliphatic heterocycles. The Kier molecular flexibility index (Phi) is 7.48. The molecule has 2 aromatic rings. The van der Waals surface area contributed by atoms with E-state index >= 15 is 0 Å². The Morgan fingerprint density at radius 1 is 1.35 bits per heavy atom. The van der Waals surface area contributed by atoms with Crippen LogP contribution in [0.1, 0.15) is 54.2 Å². The first-order valence-electron chi connectivity index (χ1n) is 11.6. The van der Waals surface area contributed by atoms with Gasteiger partial charge in [0.25, 0.3) is 0 Å². The van der Waals surface area contributed by atoms with E-state index in [1.165, 1.54) is 11.3 Å². The highest BCUT2D eigenvalue weighted by atomic mass is 32.1. The number of rotatable bonds is 7. The average molecular weight is 480 g/mol. The van der Waals surface area contributed by atoms with Crippen molar-refractivity contribution in [2.75, 3.05) is 18.4 Å². The maximum atomic E-state index is 12.7. The summed E-state index contributed by atoms with van der Waals surface area (Å²) in [5.74, 6) is 0.142. The Balaban J connectivity index is 1.33. The minimum atomic E-state index is -0.436. The summed E-state index contributed by atoms with van der Waals surface area (Å²) < 4.78 is 5.63. The number of hydrogen-bond donors (Lipinski definition) is 3. The van der Waals surface area contributed by atoms with Crippen molar-refractivity contribution in [1.82, 2.24) is 10.7 Å². The van der Waals surface area contributed by atoms with Gasteiger partial charge in [-0.1, -0.05) is 37.3 Å². The van der Waals surface area contributed by atoms with E-state index in [4.69, 9.17) is 4.74 Å². The highest BCUT2D eigenvalue weighted by Crippen LogP contribution is 2.38. The van der Waals surface area contributed by atoms with Gasteiger partial charge < -0.3 is 20.8 Å². The number of hydrogen-bond acceptors (Lipinski definition) is 7. The van der Waals surface area contributed by atoms with E-state index in [2.05, 4.69) is 27.2 Å². The number of carbonyl (C=O) groups excluding carboxylic acids is 2. The fourth-order valence-corrected chi connectivity index (χ4v) is 5.64. The molecule has 3 unspecified atom stereocenters. The zero-order valence-electron chi connectivity index (χ0n) is 19.4. The molecular formula is C25H29N5O3S. The van der Waals surface area contributed by atoms with Gasteiger partial charge in [-0.15, -0.1) is 11.3 Å². The Bertz CT molecular complexity index is 1120. The third kappa shape index (κ3) is 5.57. The molecule has 8 nitrogen and oxygen atoms in total.